The van der Waals surface area contributed by atoms with E-state index in [9.17, 15) is 18.0 Å². The molecule has 0 saturated carbocycles. The van der Waals surface area contributed by atoms with Crippen molar-refractivity contribution in [3.8, 4) is 0 Å². The van der Waals surface area contributed by atoms with Gasteiger partial charge in [-0.15, -0.1) is 0 Å². The summed E-state index contributed by atoms with van der Waals surface area (Å²) in [6, 6.07) is 23.3. The molecule has 3 aromatic carbocycles. The van der Waals surface area contributed by atoms with E-state index in [2.05, 4.69) is 27.9 Å². The van der Waals surface area contributed by atoms with Crippen molar-refractivity contribution in [3.05, 3.63) is 99.1 Å². The van der Waals surface area contributed by atoms with Gasteiger partial charge in [-0.3, -0.25) is 13.9 Å². The van der Waals surface area contributed by atoms with Gasteiger partial charge in [-0.1, -0.05) is 67.1 Å². The van der Waals surface area contributed by atoms with Gasteiger partial charge in [0, 0.05) is 22.6 Å². The lowest BCUT2D eigenvalue weighted by Gasteiger charge is -2.34. The van der Waals surface area contributed by atoms with Gasteiger partial charge in [0.15, 0.2) is 0 Å². The first-order chi connectivity index (χ1) is 18.5. The summed E-state index contributed by atoms with van der Waals surface area (Å²) in [5.74, 6) is -0.728. The fraction of sp³-hybridized carbons (Fsp3) is 0.333. The van der Waals surface area contributed by atoms with E-state index in [1.165, 1.54) is 4.90 Å². The molecule has 39 heavy (non-hydrogen) atoms. The van der Waals surface area contributed by atoms with E-state index < -0.39 is 28.5 Å². The highest BCUT2D eigenvalue weighted by Crippen LogP contribution is 2.21. The van der Waals surface area contributed by atoms with E-state index in [0.717, 1.165) is 37.2 Å². The fourth-order valence-corrected chi connectivity index (χ4v) is 5.32. The molecular weight excluding hydrogens is 625 g/mol. The minimum Gasteiger partial charge on any atom is -0.352 e. The first-order valence-corrected chi connectivity index (χ1v) is 15.8. The Morgan fingerprint density at radius 1 is 0.923 bits per heavy atom. The molecule has 0 aliphatic heterocycles. The molecule has 9 heteroatoms. The molecule has 1 N–H and O–H groups in total. The van der Waals surface area contributed by atoms with E-state index in [1.807, 2.05) is 75.4 Å². The van der Waals surface area contributed by atoms with Crippen LogP contribution in [0.2, 0.25) is 0 Å². The maximum Gasteiger partial charge on any atom is 0.244 e. The lowest BCUT2D eigenvalue weighted by molar-refractivity contribution is -0.140. The third-order valence-corrected chi connectivity index (χ3v) is 8.40. The predicted molar refractivity (Wildman–Crippen MR) is 165 cm³/mol. The van der Waals surface area contributed by atoms with Crippen molar-refractivity contribution in [2.45, 2.75) is 52.2 Å². The molecule has 0 aliphatic carbocycles. The van der Waals surface area contributed by atoms with Gasteiger partial charge in [-0.05, 0) is 78.3 Å². The first-order valence-electron chi connectivity index (χ1n) is 12.9. The SMILES string of the molecule is CC[C@H](C)NC(=O)[C@@H](Cc1ccccc1)N(Cc1ccc(C)cc1)C(=O)CN(c1ccc(I)cc1)S(C)(=O)=O. The molecule has 3 rings (SSSR count). The number of carbonyl (C=O) groups is 2. The molecule has 2 atom stereocenters. The van der Waals surface area contributed by atoms with Crippen molar-refractivity contribution < 1.29 is 18.0 Å². The largest absolute Gasteiger partial charge is 0.352 e. The summed E-state index contributed by atoms with van der Waals surface area (Å²) >= 11 is 2.14. The Hall–Kier alpha value is -2.92. The normalized spacial score (nSPS) is 12.8. The van der Waals surface area contributed by atoms with Crippen LogP contribution in [0, 0.1) is 10.5 Å². The van der Waals surface area contributed by atoms with Gasteiger partial charge in [0.2, 0.25) is 21.8 Å². The van der Waals surface area contributed by atoms with Crippen LogP contribution in [0.5, 0.6) is 0 Å². The standard InChI is InChI=1S/C30H36IN3O4S/c1-5-23(3)32-30(36)28(19-24-9-7-6-8-10-24)33(20-25-13-11-22(2)12-14-25)29(35)21-34(39(4,37)38)27-17-15-26(31)16-18-27/h6-18,23,28H,5,19-21H2,1-4H3,(H,32,36)/t23-,28+/m0/s1. The molecule has 0 heterocycles. The second kappa shape index (κ2) is 13.9. The van der Waals surface area contributed by atoms with Crippen LogP contribution >= 0.6 is 22.6 Å². The molecule has 0 unspecified atom stereocenters. The van der Waals surface area contributed by atoms with E-state index >= 15 is 0 Å². The van der Waals surface area contributed by atoms with Gasteiger partial charge in [0.25, 0.3) is 0 Å². The highest BCUT2D eigenvalue weighted by molar-refractivity contribution is 14.1. The Balaban J connectivity index is 2.04. The number of anilines is 1. The van der Waals surface area contributed by atoms with E-state index in [-0.39, 0.29) is 18.5 Å². The maximum absolute atomic E-state index is 14.0. The summed E-state index contributed by atoms with van der Waals surface area (Å²) in [6.07, 6.45) is 2.12. The number of rotatable bonds is 12. The molecule has 0 aromatic heterocycles. The number of amides is 2. The summed E-state index contributed by atoms with van der Waals surface area (Å²) in [4.78, 5) is 29.2. The smallest absolute Gasteiger partial charge is 0.244 e. The summed E-state index contributed by atoms with van der Waals surface area (Å²) in [5, 5.41) is 3.04. The zero-order chi connectivity index (χ0) is 28.6. The monoisotopic (exact) mass is 661 g/mol. The van der Waals surface area contributed by atoms with Crippen LogP contribution in [0.3, 0.4) is 0 Å². The predicted octanol–water partition coefficient (Wildman–Crippen LogP) is 4.92. The number of benzene rings is 3. The summed E-state index contributed by atoms with van der Waals surface area (Å²) < 4.78 is 27.7. The van der Waals surface area contributed by atoms with Crippen molar-refractivity contribution in [2.24, 2.45) is 0 Å². The van der Waals surface area contributed by atoms with Crippen LogP contribution in [-0.2, 0) is 32.6 Å². The first kappa shape index (κ1) is 30.6. The molecule has 3 aromatic rings. The second-order valence-electron chi connectivity index (χ2n) is 9.78. The van der Waals surface area contributed by atoms with Gasteiger partial charge in [0.05, 0.1) is 11.9 Å². The van der Waals surface area contributed by atoms with Crippen molar-refractivity contribution in [1.29, 1.82) is 0 Å². The van der Waals surface area contributed by atoms with E-state index in [0.29, 0.717) is 12.1 Å². The molecule has 0 aliphatic rings. The Bertz CT molecular complexity index is 1350. The van der Waals surface area contributed by atoms with Gasteiger partial charge >= 0.3 is 0 Å². The minimum absolute atomic E-state index is 0.0774. The van der Waals surface area contributed by atoms with Crippen molar-refractivity contribution >= 4 is 50.1 Å². The Morgan fingerprint density at radius 3 is 2.10 bits per heavy atom. The van der Waals surface area contributed by atoms with Gasteiger partial charge in [-0.25, -0.2) is 8.42 Å². The maximum atomic E-state index is 14.0. The highest BCUT2D eigenvalue weighted by Gasteiger charge is 2.33. The van der Waals surface area contributed by atoms with E-state index in [1.54, 1.807) is 24.3 Å². The topological polar surface area (TPSA) is 86.8 Å². The summed E-state index contributed by atoms with van der Waals surface area (Å²) in [5.41, 5.74) is 3.23. The average molecular weight is 662 g/mol. The quantitative estimate of drug-likeness (QED) is 0.280. The molecular formula is C30H36IN3O4S. The number of nitrogens with one attached hydrogen (secondary N) is 1. The third-order valence-electron chi connectivity index (χ3n) is 6.54. The van der Waals surface area contributed by atoms with Gasteiger partial charge in [-0.2, -0.15) is 0 Å². The third kappa shape index (κ3) is 9.06. The molecule has 2 amide bonds. The number of sulfonamides is 1. The van der Waals surface area contributed by atoms with Crippen LogP contribution < -0.4 is 9.62 Å². The van der Waals surface area contributed by atoms with E-state index in [4.69, 9.17) is 0 Å². The summed E-state index contributed by atoms with van der Waals surface area (Å²) in [7, 11) is -3.78. The zero-order valence-electron chi connectivity index (χ0n) is 22.8. The number of hydrogen-bond donors (Lipinski definition) is 1. The summed E-state index contributed by atoms with van der Waals surface area (Å²) in [6.45, 7) is 5.63. The lowest BCUT2D eigenvalue weighted by Crippen LogP contribution is -2.54. The van der Waals surface area contributed by atoms with Gasteiger partial charge < -0.3 is 10.2 Å². The zero-order valence-corrected chi connectivity index (χ0v) is 25.8. The lowest BCUT2D eigenvalue weighted by atomic mass is 10.0. The van der Waals surface area contributed by atoms with Crippen LogP contribution in [-0.4, -0.2) is 50.0 Å². The molecule has 208 valence electrons. The van der Waals surface area contributed by atoms with Crippen molar-refractivity contribution in [2.75, 3.05) is 17.1 Å². The minimum atomic E-state index is -3.78. The van der Waals surface area contributed by atoms with Crippen LogP contribution in [0.15, 0.2) is 78.9 Å². The average Bonchev–Trinajstić information content (AvgIpc) is 2.90. The molecule has 7 nitrogen and oxygen atoms in total. The van der Waals surface area contributed by atoms with Gasteiger partial charge in [0.1, 0.15) is 12.6 Å². The highest BCUT2D eigenvalue weighted by atomic mass is 127. The Kier molecular flexibility index (Phi) is 10.9. The number of nitrogens with zero attached hydrogens (tertiary/aromatic N) is 2. The van der Waals surface area contributed by atoms with Crippen molar-refractivity contribution in [3.63, 3.8) is 0 Å². The van der Waals surface area contributed by atoms with Crippen LogP contribution in [0.1, 0.15) is 37.0 Å². The molecule has 0 fully saturated rings. The molecule has 0 spiro atoms. The second-order valence-corrected chi connectivity index (χ2v) is 12.9. The molecule has 0 saturated heterocycles. The fourth-order valence-electron chi connectivity index (χ4n) is 4.11. The number of carbonyl (C=O) groups excluding carboxylic acids is 2. The Labute approximate surface area is 245 Å². The van der Waals surface area contributed by atoms with Crippen LogP contribution in [0.4, 0.5) is 5.69 Å². The molecule has 0 bridgehead atoms. The van der Waals surface area contributed by atoms with Crippen molar-refractivity contribution in [1.82, 2.24) is 10.2 Å². The number of hydrogen-bond acceptors (Lipinski definition) is 4. The number of aryl methyl sites for hydroxylation is 1. The molecule has 0 radical (unpaired) electrons. The Morgan fingerprint density at radius 2 is 1.54 bits per heavy atom. The van der Waals surface area contributed by atoms with Crippen LogP contribution in [0.25, 0.3) is 0 Å². The number of halogens is 1.